The fourth-order valence-corrected chi connectivity index (χ4v) is 2.80. The average molecular weight is 283 g/mol. The number of fused-ring (bicyclic) bond motifs is 1. The van der Waals surface area contributed by atoms with Gasteiger partial charge in [0.1, 0.15) is 5.75 Å². The van der Waals surface area contributed by atoms with Crippen LogP contribution in [0.15, 0.2) is 36.7 Å². The zero-order valence-corrected chi connectivity index (χ0v) is 11.5. The first kappa shape index (κ1) is 13.4. The van der Waals surface area contributed by atoms with Gasteiger partial charge < -0.3 is 16.2 Å². The van der Waals surface area contributed by atoms with Gasteiger partial charge in [0, 0.05) is 11.9 Å². The van der Waals surface area contributed by atoms with Gasteiger partial charge in [-0.3, -0.25) is 9.78 Å². The number of nitrogens with two attached hydrogens (primary N) is 1. The summed E-state index contributed by atoms with van der Waals surface area (Å²) in [7, 11) is 0. The molecular weight excluding hydrogens is 266 g/mol. The smallest absolute Gasteiger partial charge is 0.255 e. The Kier molecular flexibility index (Phi) is 3.48. The fourth-order valence-electron chi connectivity index (χ4n) is 2.80. The molecule has 1 heterocycles. The Balaban J connectivity index is 1.84. The van der Waals surface area contributed by atoms with Crippen molar-refractivity contribution in [1.82, 2.24) is 10.3 Å². The molecule has 2 aromatic rings. The summed E-state index contributed by atoms with van der Waals surface area (Å²) in [6.45, 7) is 0. The van der Waals surface area contributed by atoms with Crippen LogP contribution in [-0.4, -0.2) is 16.0 Å². The van der Waals surface area contributed by atoms with Crippen LogP contribution in [-0.2, 0) is 6.42 Å². The Hall–Kier alpha value is -2.56. The number of hydrogen-bond donors (Lipinski definition) is 3. The predicted molar refractivity (Wildman–Crippen MR) is 79.9 cm³/mol. The molecule has 0 saturated carbocycles. The van der Waals surface area contributed by atoms with Gasteiger partial charge >= 0.3 is 0 Å². The van der Waals surface area contributed by atoms with Gasteiger partial charge in [-0.2, -0.15) is 0 Å². The van der Waals surface area contributed by atoms with Crippen molar-refractivity contribution in [2.45, 2.75) is 25.3 Å². The number of anilines is 1. The zero-order chi connectivity index (χ0) is 14.8. The Morgan fingerprint density at radius 2 is 2.24 bits per heavy atom. The van der Waals surface area contributed by atoms with Gasteiger partial charge in [0.15, 0.2) is 0 Å². The minimum atomic E-state index is -0.287. The molecule has 1 aromatic heterocycles. The summed E-state index contributed by atoms with van der Waals surface area (Å²) < 4.78 is 0. The molecule has 1 amide bonds. The number of carbonyl (C=O) groups excluding carboxylic acids is 1. The molecule has 1 aliphatic rings. The molecule has 0 radical (unpaired) electrons. The molecule has 1 unspecified atom stereocenters. The number of benzene rings is 1. The van der Waals surface area contributed by atoms with Crippen LogP contribution >= 0.6 is 0 Å². The first-order valence-electron chi connectivity index (χ1n) is 6.97. The number of carbonyl (C=O) groups is 1. The molecule has 0 fully saturated rings. The van der Waals surface area contributed by atoms with Crippen molar-refractivity contribution in [2.75, 3.05) is 5.73 Å². The van der Waals surface area contributed by atoms with E-state index in [1.54, 1.807) is 0 Å². The van der Waals surface area contributed by atoms with Crippen molar-refractivity contribution in [3.8, 4) is 5.75 Å². The first-order valence-corrected chi connectivity index (χ1v) is 6.97. The highest BCUT2D eigenvalue weighted by Crippen LogP contribution is 2.31. The van der Waals surface area contributed by atoms with Crippen LogP contribution in [0.1, 0.15) is 40.4 Å². The van der Waals surface area contributed by atoms with Crippen LogP contribution in [0, 0.1) is 0 Å². The Morgan fingerprint density at radius 1 is 1.38 bits per heavy atom. The van der Waals surface area contributed by atoms with Crippen molar-refractivity contribution in [3.05, 3.63) is 53.3 Å². The summed E-state index contributed by atoms with van der Waals surface area (Å²) in [6, 6.07) is 7.26. The molecule has 0 bridgehead atoms. The summed E-state index contributed by atoms with van der Waals surface area (Å²) in [4.78, 5) is 16.1. The summed E-state index contributed by atoms with van der Waals surface area (Å²) in [5.41, 5.74) is 9.09. The maximum Gasteiger partial charge on any atom is 0.255 e. The van der Waals surface area contributed by atoms with E-state index < -0.39 is 0 Å². The van der Waals surface area contributed by atoms with E-state index in [4.69, 9.17) is 5.73 Å². The van der Waals surface area contributed by atoms with Crippen LogP contribution in [0.4, 0.5) is 5.69 Å². The van der Waals surface area contributed by atoms with Crippen LogP contribution in [0.5, 0.6) is 5.75 Å². The zero-order valence-electron chi connectivity index (χ0n) is 11.5. The Morgan fingerprint density at radius 3 is 3.05 bits per heavy atom. The number of rotatable bonds is 2. The second-order valence-electron chi connectivity index (χ2n) is 5.27. The predicted octanol–water partition coefficient (Wildman–Crippen LogP) is 2.18. The first-order chi connectivity index (χ1) is 10.1. The van der Waals surface area contributed by atoms with E-state index in [2.05, 4.69) is 10.3 Å². The fraction of sp³-hybridized carbons (Fsp3) is 0.250. The van der Waals surface area contributed by atoms with Gasteiger partial charge in [-0.25, -0.2) is 0 Å². The van der Waals surface area contributed by atoms with Crippen molar-refractivity contribution in [3.63, 3.8) is 0 Å². The van der Waals surface area contributed by atoms with E-state index in [0.29, 0.717) is 0 Å². The van der Waals surface area contributed by atoms with Crippen molar-refractivity contribution >= 4 is 11.6 Å². The largest absolute Gasteiger partial charge is 0.505 e. The maximum absolute atomic E-state index is 12.3. The van der Waals surface area contributed by atoms with E-state index in [0.717, 1.165) is 30.5 Å². The lowest BCUT2D eigenvalue weighted by Crippen LogP contribution is -2.31. The van der Waals surface area contributed by atoms with Crippen molar-refractivity contribution < 1.29 is 9.90 Å². The van der Waals surface area contributed by atoms with Crippen molar-refractivity contribution in [1.29, 1.82) is 0 Å². The molecule has 1 aromatic carbocycles. The van der Waals surface area contributed by atoms with Gasteiger partial charge in [-0.15, -0.1) is 0 Å². The number of nitrogens with zero attached hydrogens (tertiary/aromatic N) is 1. The molecule has 0 saturated heterocycles. The number of hydrogen-bond acceptors (Lipinski definition) is 4. The quantitative estimate of drug-likeness (QED) is 0.737. The van der Waals surface area contributed by atoms with Crippen LogP contribution in [0.25, 0.3) is 0 Å². The summed E-state index contributed by atoms with van der Waals surface area (Å²) >= 11 is 0. The molecular formula is C16H17N3O2. The lowest BCUT2D eigenvalue weighted by atomic mass is 9.87. The Labute approximate surface area is 122 Å². The van der Waals surface area contributed by atoms with Gasteiger partial charge in [0.25, 0.3) is 5.91 Å². The van der Waals surface area contributed by atoms with Gasteiger partial charge in [-0.05, 0) is 48.6 Å². The third kappa shape index (κ3) is 2.67. The molecule has 5 heteroatoms. The molecule has 1 atom stereocenters. The van der Waals surface area contributed by atoms with Gasteiger partial charge in [0.05, 0.1) is 17.8 Å². The lowest BCUT2D eigenvalue weighted by molar-refractivity contribution is 0.0930. The molecule has 4 N–H and O–H groups in total. The lowest BCUT2D eigenvalue weighted by Gasteiger charge is -2.26. The van der Waals surface area contributed by atoms with Gasteiger partial charge in [0.2, 0.25) is 0 Å². The number of aromatic nitrogens is 1. The Bertz CT molecular complexity index is 685. The third-order valence-electron chi connectivity index (χ3n) is 3.83. The maximum atomic E-state index is 12.3. The molecule has 3 rings (SSSR count). The number of amides is 1. The molecule has 21 heavy (non-hydrogen) atoms. The topological polar surface area (TPSA) is 88.2 Å². The summed E-state index contributed by atoms with van der Waals surface area (Å²) in [5, 5.41) is 12.7. The summed E-state index contributed by atoms with van der Waals surface area (Å²) in [6.07, 6.45) is 5.63. The van der Waals surface area contributed by atoms with E-state index in [1.165, 1.54) is 24.0 Å². The minimum Gasteiger partial charge on any atom is -0.505 e. The molecule has 0 spiro atoms. The van der Waals surface area contributed by atoms with Crippen LogP contribution < -0.4 is 11.1 Å². The number of pyridine rings is 1. The normalized spacial score (nSPS) is 17.0. The molecule has 0 aliphatic heterocycles. The highest BCUT2D eigenvalue weighted by molar-refractivity contribution is 5.96. The van der Waals surface area contributed by atoms with Gasteiger partial charge in [-0.1, -0.05) is 6.07 Å². The van der Waals surface area contributed by atoms with E-state index in [9.17, 15) is 9.90 Å². The summed E-state index contributed by atoms with van der Waals surface area (Å²) in [5.74, 6) is -0.395. The van der Waals surface area contributed by atoms with E-state index in [-0.39, 0.29) is 23.3 Å². The number of aromatic hydroxyl groups is 1. The second kappa shape index (κ2) is 5.44. The van der Waals surface area contributed by atoms with Crippen LogP contribution in [0.3, 0.4) is 0 Å². The van der Waals surface area contributed by atoms with Crippen LogP contribution in [0.2, 0.25) is 0 Å². The molecule has 108 valence electrons. The monoisotopic (exact) mass is 283 g/mol. The van der Waals surface area contributed by atoms with E-state index in [1.807, 2.05) is 18.2 Å². The molecule has 1 aliphatic carbocycles. The molecule has 5 nitrogen and oxygen atoms in total. The SMILES string of the molecule is Nc1ccc2c(c1)CCCC2NC(=O)c1ccncc1O. The van der Waals surface area contributed by atoms with Crippen molar-refractivity contribution in [2.24, 2.45) is 0 Å². The number of nitrogen functional groups attached to an aromatic ring is 1. The van der Waals surface area contributed by atoms with E-state index >= 15 is 0 Å². The third-order valence-corrected chi connectivity index (χ3v) is 3.83. The minimum absolute atomic E-state index is 0.0468. The highest BCUT2D eigenvalue weighted by atomic mass is 16.3. The highest BCUT2D eigenvalue weighted by Gasteiger charge is 2.23. The number of aryl methyl sites for hydroxylation is 1. The number of nitrogens with one attached hydrogen (secondary N) is 1. The average Bonchev–Trinajstić information content (AvgIpc) is 2.47. The second-order valence-corrected chi connectivity index (χ2v) is 5.27. The standard InChI is InChI=1S/C16H17N3O2/c17-11-4-5-12-10(8-11)2-1-3-14(12)19-16(21)13-6-7-18-9-15(13)20/h4-9,14,20H,1-3,17H2,(H,19,21).